The van der Waals surface area contributed by atoms with Crippen LogP contribution >= 0.6 is 0 Å². The van der Waals surface area contributed by atoms with E-state index in [2.05, 4.69) is 36.2 Å². The highest BCUT2D eigenvalue weighted by molar-refractivity contribution is 5.23. The van der Waals surface area contributed by atoms with Gasteiger partial charge < -0.3 is 10.6 Å². The van der Waals surface area contributed by atoms with Crippen molar-refractivity contribution < 1.29 is 0 Å². The van der Waals surface area contributed by atoms with Crippen LogP contribution in [0, 0.1) is 5.92 Å². The molecule has 0 radical (unpaired) electrons. The molecule has 0 bridgehead atoms. The van der Waals surface area contributed by atoms with Crippen LogP contribution in [0.4, 0.5) is 0 Å². The zero-order valence-corrected chi connectivity index (χ0v) is 9.45. The maximum atomic E-state index is 5.63. The normalized spacial score (nSPS) is 15.9. The molecule has 1 aliphatic carbocycles. The minimum absolute atomic E-state index is 0.639. The molecule has 1 saturated carbocycles. The largest absolute Gasteiger partial charge is 0.326 e. The minimum atomic E-state index is 0.639. The number of rotatable bonds is 5. The highest BCUT2D eigenvalue weighted by atomic mass is 15.1. The molecule has 15 heavy (non-hydrogen) atoms. The van der Waals surface area contributed by atoms with Crippen molar-refractivity contribution in [2.45, 2.75) is 25.9 Å². The minimum Gasteiger partial charge on any atom is -0.326 e. The Morgan fingerprint density at radius 2 is 2.07 bits per heavy atom. The van der Waals surface area contributed by atoms with E-state index < -0.39 is 0 Å². The molecule has 2 nitrogen and oxygen atoms in total. The summed E-state index contributed by atoms with van der Waals surface area (Å²) in [5.74, 6) is 0.965. The van der Waals surface area contributed by atoms with E-state index in [0.717, 1.165) is 12.5 Å². The van der Waals surface area contributed by atoms with Gasteiger partial charge in [0.05, 0.1) is 0 Å². The second-order valence-electron chi connectivity index (χ2n) is 4.66. The third-order valence-electron chi connectivity index (χ3n) is 2.95. The monoisotopic (exact) mass is 204 g/mol. The van der Waals surface area contributed by atoms with Gasteiger partial charge in [-0.15, -0.1) is 0 Å². The van der Waals surface area contributed by atoms with Crippen molar-refractivity contribution in [3.05, 3.63) is 35.4 Å². The zero-order chi connectivity index (χ0) is 10.7. The Kier molecular flexibility index (Phi) is 3.39. The summed E-state index contributed by atoms with van der Waals surface area (Å²) in [6.07, 6.45) is 2.85. The Morgan fingerprint density at radius 1 is 1.33 bits per heavy atom. The molecule has 2 N–H and O–H groups in total. The molecule has 2 heteroatoms. The standard InChI is InChI=1S/C13H20N2/c1-15(9-11-5-6-11)10-13-4-2-3-12(7-13)8-14/h2-4,7,11H,5-6,8-10,14H2,1H3. The Hall–Kier alpha value is -0.860. The van der Waals surface area contributed by atoms with Gasteiger partial charge in [0.2, 0.25) is 0 Å². The molecule has 0 atom stereocenters. The molecule has 2 rings (SSSR count). The number of benzene rings is 1. The van der Waals surface area contributed by atoms with E-state index in [0.29, 0.717) is 6.54 Å². The van der Waals surface area contributed by atoms with Gasteiger partial charge in [-0.1, -0.05) is 24.3 Å². The summed E-state index contributed by atoms with van der Waals surface area (Å²) in [4.78, 5) is 2.41. The lowest BCUT2D eigenvalue weighted by Gasteiger charge is -2.16. The van der Waals surface area contributed by atoms with Crippen molar-refractivity contribution in [2.24, 2.45) is 11.7 Å². The average Bonchev–Trinajstić information content (AvgIpc) is 3.02. The molecule has 0 aliphatic heterocycles. The molecule has 0 saturated heterocycles. The number of nitrogens with two attached hydrogens (primary N) is 1. The molecule has 1 aromatic rings. The zero-order valence-electron chi connectivity index (χ0n) is 9.45. The summed E-state index contributed by atoms with van der Waals surface area (Å²) in [7, 11) is 2.20. The fourth-order valence-corrected chi connectivity index (χ4v) is 1.97. The summed E-state index contributed by atoms with van der Waals surface area (Å²) in [5.41, 5.74) is 8.23. The topological polar surface area (TPSA) is 29.3 Å². The van der Waals surface area contributed by atoms with Crippen molar-refractivity contribution >= 4 is 0 Å². The molecule has 1 aliphatic rings. The van der Waals surface area contributed by atoms with Crippen LogP contribution in [0.1, 0.15) is 24.0 Å². The molecular formula is C13H20N2. The predicted octanol–water partition coefficient (Wildman–Crippen LogP) is 1.99. The van der Waals surface area contributed by atoms with Crippen LogP contribution in [0.2, 0.25) is 0 Å². The molecule has 82 valence electrons. The van der Waals surface area contributed by atoms with Crippen LogP contribution in [0.15, 0.2) is 24.3 Å². The maximum absolute atomic E-state index is 5.63. The highest BCUT2D eigenvalue weighted by Gasteiger charge is 2.22. The summed E-state index contributed by atoms with van der Waals surface area (Å²) in [6, 6.07) is 8.58. The molecule has 0 heterocycles. The van der Waals surface area contributed by atoms with E-state index in [9.17, 15) is 0 Å². The van der Waals surface area contributed by atoms with Gasteiger partial charge in [0.25, 0.3) is 0 Å². The van der Waals surface area contributed by atoms with Crippen LogP contribution in [-0.2, 0) is 13.1 Å². The van der Waals surface area contributed by atoms with Crippen molar-refractivity contribution in [1.29, 1.82) is 0 Å². The second-order valence-corrected chi connectivity index (χ2v) is 4.66. The number of hydrogen-bond acceptors (Lipinski definition) is 2. The van der Waals surface area contributed by atoms with Crippen LogP contribution < -0.4 is 5.73 Å². The highest BCUT2D eigenvalue weighted by Crippen LogP contribution is 2.29. The smallest absolute Gasteiger partial charge is 0.0230 e. The fourth-order valence-electron chi connectivity index (χ4n) is 1.97. The van der Waals surface area contributed by atoms with Gasteiger partial charge in [-0.3, -0.25) is 0 Å². The molecular weight excluding hydrogens is 184 g/mol. The molecule has 0 spiro atoms. The van der Waals surface area contributed by atoms with Gasteiger partial charge in [0.1, 0.15) is 0 Å². The first kappa shape index (κ1) is 10.7. The van der Waals surface area contributed by atoms with E-state index in [4.69, 9.17) is 5.73 Å². The summed E-state index contributed by atoms with van der Waals surface area (Å²) >= 11 is 0. The lowest BCUT2D eigenvalue weighted by molar-refractivity contribution is 0.313. The SMILES string of the molecule is CN(Cc1cccc(CN)c1)CC1CC1. The van der Waals surface area contributed by atoms with E-state index in [1.807, 2.05) is 0 Å². The Morgan fingerprint density at radius 3 is 2.73 bits per heavy atom. The van der Waals surface area contributed by atoms with Gasteiger partial charge in [0.15, 0.2) is 0 Å². The van der Waals surface area contributed by atoms with Crippen molar-refractivity contribution in [1.82, 2.24) is 4.90 Å². The Balaban J connectivity index is 1.90. The predicted molar refractivity (Wildman–Crippen MR) is 63.4 cm³/mol. The van der Waals surface area contributed by atoms with Crippen molar-refractivity contribution in [2.75, 3.05) is 13.6 Å². The van der Waals surface area contributed by atoms with Crippen LogP contribution in [0.5, 0.6) is 0 Å². The summed E-state index contributed by atoms with van der Waals surface area (Å²) in [6.45, 7) is 2.93. The first-order chi connectivity index (χ1) is 7.28. The van der Waals surface area contributed by atoms with Crippen molar-refractivity contribution in [3.8, 4) is 0 Å². The van der Waals surface area contributed by atoms with Gasteiger partial charge in [0, 0.05) is 19.6 Å². The van der Waals surface area contributed by atoms with E-state index in [-0.39, 0.29) is 0 Å². The summed E-state index contributed by atoms with van der Waals surface area (Å²) in [5, 5.41) is 0. The molecule has 1 fully saturated rings. The number of nitrogens with zero attached hydrogens (tertiary/aromatic N) is 1. The summed E-state index contributed by atoms with van der Waals surface area (Å²) < 4.78 is 0. The third kappa shape index (κ3) is 3.33. The van der Waals surface area contributed by atoms with Crippen molar-refractivity contribution in [3.63, 3.8) is 0 Å². The third-order valence-corrected chi connectivity index (χ3v) is 2.95. The molecule has 1 aromatic carbocycles. The maximum Gasteiger partial charge on any atom is 0.0230 e. The second kappa shape index (κ2) is 4.77. The fraction of sp³-hybridized carbons (Fsp3) is 0.538. The van der Waals surface area contributed by atoms with Crippen LogP contribution in [0.25, 0.3) is 0 Å². The Labute approximate surface area is 92.1 Å². The van der Waals surface area contributed by atoms with Crippen LogP contribution in [0.3, 0.4) is 0 Å². The van der Waals surface area contributed by atoms with E-state index in [1.54, 1.807) is 0 Å². The molecule has 0 amide bonds. The van der Waals surface area contributed by atoms with E-state index in [1.165, 1.54) is 30.5 Å². The van der Waals surface area contributed by atoms with E-state index >= 15 is 0 Å². The van der Waals surface area contributed by atoms with Gasteiger partial charge in [-0.2, -0.15) is 0 Å². The van der Waals surface area contributed by atoms with Gasteiger partial charge >= 0.3 is 0 Å². The quantitative estimate of drug-likeness (QED) is 0.794. The number of hydrogen-bond donors (Lipinski definition) is 1. The molecule has 0 unspecified atom stereocenters. The first-order valence-electron chi connectivity index (χ1n) is 5.74. The lowest BCUT2D eigenvalue weighted by Crippen LogP contribution is -2.20. The average molecular weight is 204 g/mol. The van der Waals surface area contributed by atoms with Gasteiger partial charge in [-0.05, 0) is 36.9 Å². The lowest BCUT2D eigenvalue weighted by atomic mass is 10.1. The van der Waals surface area contributed by atoms with Gasteiger partial charge in [-0.25, -0.2) is 0 Å². The first-order valence-corrected chi connectivity index (χ1v) is 5.74. The molecule has 0 aromatic heterocycles. The Bertz CT molecular complexity index is 318. The van der Waals surface area contributed by atoms with Crippen LogP contribution in [-0.4, -0.2) is 18.5 Å².